The number of sulfonamides is 1. The molecule has 0 aromatic heterocycles. The number of primary sulfonamides is 1. The molecule has 1 saturated heterocycles. The van der Waals surface area contributed by atoms with Gasteiger partial charge in [0.05, 0.1) is 4.90 Å². The lowest BCUT2D eigenvalue weighted by Crippen LogP contribution is -2.24. The molecule has 1 fully saturated rings. The predicted molar refractivity (Wildman–Crippen MR) is 122 cm³/mol. The summed E-state index contributed by atoms with van der Waals surface area (Å²) in [5.41, 5.74) is 1.04. The first-order valence-corrected chi connectivity index (χ1v) is 12.1. The zero-order chi connectivity index (χ0) is 25.4. The monoisotopic (exact) mass is 526 g/mol. The Morgan fingerprint density at radius 1 is 0.971 bits per heavy atom. The molecule has 1 atom stereocenters. The van der Waals surface area contributed by atoms with Crippen molar-refractivity contribution in [1.29, 1.82) is 0 Å². The van der Waals surface area contributed by atoms with Crippen molar-refractivity contribution in [3.8, 4) is 17.2 Å². The molecule has 1 amide bonds. The summed E-state index contributed by atoms with van der Waals surface area (Å²) >= 11 is 6.11. The maximum Gasteiger partial charge on any atom is 0.573 e. The van der Waals surface area contributed by atoms with Gasteiger partial charge in [-0.3, -0.25) is 4.79 Å². The molecule has 1 aliphatic heterocycles. The van der Waals surface area contributed by atoms with Crippen LogP contribution in [0.2, 0.25) is 5.02 Å². The molecular weight excluding hydrogens is 509 g/mol. The molecule has 3 aromatic rings. The number of halogens is 4. The summed E-state index contributed by atoms with van der Waals surface area (Å²) in [5, 5.41) is 5.41. The van der Waals surface area contributed by atoms with Crippen molar-refractivity contribution in [2.75, 3.05) is 11.4 Å². The van der Waals surface area contributed by atoms with E-state index < -0.39 is 22.1 Å². The summed E-state index contributed by atoms with van der Waals surface area (Å²) in [6.45, 7) is 0.228. The standard InChI is InChI=1S/C23H18ClF3N2O5S/c24-15-5-10-18(21(12-15)33-19-3-1-2-4-20(19)34-23(25,26)27)14-11-22(30)29(13-14)16-6-8-17(9-7-16)35(28,31)32/h1-10,12,14H,11,13H2,(H2,28,31,32). The van der Waals surface area contributed by atoms with Gasteiger partial charge in [0.1, 0.15) is 5.75 Å². The summed E-state index contributed by atoms with van der Waals surface area (Å²) in [4.78, 5) is 14.2. The maximum absolute atomic E-state index is 12.8. The highest BCUT2D eigenvalue weighted by Gasteiger charge is 2.35. The average molecular weight is 527 g/mol. The molecule has 0 aliphatic carbocycles. The summed E-state index contributed by atoms with van der Waals surface area (Å²) in [5.74, 6) is -1.11. The number of carbonyl (C=O) groups excluding carboxylic acids is 1. The maximum atomic E-state index is 12.8. The third-order valence-corrected chi connectivity index (χ3v) is 6.48. The fraction of sp³-hybridized carbons (Fsp3) is 0.174. The molecule has 0 bridgehead atoms. The second-order valence-electron chi connectivity index (χ2n) is 7.72. The zero-order valence-electron chi connectivity index (χ0n) is 17.8. The summed E-state index contributed by atoms with van der Waals surface area (Å²) in [6, 6.07) is 15.6. The molecule has 184 valence electrons. The molecule has 2 N–H and O–H groups in total. The fourth-order valence-electron chi connectivity index (χ4n) is 3.78. The minimum Gasteiger partial charge on any atom is -0.453 e. The quantitative estimate of drug-likeness (QED) is 0.476. The molecule has 0 saturated carbocycles. The molecule has 4 rings (SSSR count). The van der Waals surface area contributed by atoms with Gasteiger partial charge in [0, 0.05) is 35.2 Å². The lowest BCUT2D eigenvalue weighted by atomic mass is 9.97. The highest BCUT2D eigenvalue weighted by atomic mass is 35.5. The van der Waals surface area contributed by atoms with E-state index in [1.165, 1.54) is 53.4 Å². The SMILES string of the molecule is NS(=O)(=O)c1ccc(N2CC(c3ccc(Cl)cc3Oc3ccccc3OC(F)(F)F)CC2=O)cc1. The van der Waals surface area contributed by atoms with Crippen LogP contribution >= 0.6 is 11.6 Å². The number of alkyl halides is 3. The van der Waals surface area contributed by atoms with Crippen molar-refractivity contribution >= 4 is 33.2 Å². The Bertz CT molecular complexity index is 1360. The number of nitrogens with zero attached hydrogens (tertiary/aromatic N) is 1. The summed E-state index contributed by atoms with van der Waals surface area (Å²) in [7, 11) is -3.88. The van der Waals surface area contributed by atoms with Crippen molar-refractivity contribution in [2.24, 2.45) is 5.14 Å². The highest BCUT2D eigenvalue weighted by molar-refractivity contribution is 7.89. The van der Waals surface area contributed by atoms with E-state index in [2.05, 4.69) is 4.74 Å². The number of para-hydroxylation sites is 2. The molecule has 1 aliphatic rings. The molecule has 35 heavy (non-hydrogen) atoms. The zero-order valence-corrected chi connectivity index (χ0v) is 19.4. The lowest BCUT2D eigenvalue weighted by molar-refractivity contribution is -0.275. The van der Waals surface area contributed by atoms with E-state index in [1.54, 1.807) is 12.1 Å². The Morgan fingerprint density at radius 3 is 2.26 bits per heavy atom. The Labute approximate surface area is 203 Å². The second-order valence-corrected chi connectivity index (χ2v) is 9.72. The number of carbonyl (C=O) groups is 1. The third kappa shape index (κ3) is 5.87. The molecule has 0 radical (unpaired) electrons. The minimum atomic E-state index is -4.91. The number of hydrogen-bond donors (Lipinski definition) is 1. The van der Waals surface area contributed by atoms with Gasteiger partial charge in [0.25, 0.3) is 0 Å². The Morgan fingerprint density at radius 2 is 1.63 bits per heavy atom. The number of rotatable bonds is 6. The Balaban J connectivity index is 1.61. The first-order chi connectivity index (χ1) is 16.4. The van der Waals surface area contributed by atoms with E-state index in [0.717, 1.165) is 6.07 Å². The van der Waals surface area contributed by atoms with Crippen LogP contribution in [-0.4, -0.2) is 27.2 Å². The first-order valence-electron chi connectivity index (χ1n) is 10.2. The van der Waals surface area contributed by atoms with Gasteiger partial charge >= 0.3 is 6.36 Å². The Kier molecular flexibility index (Phi) is 6.67. The van der Waals surface area contributed by atoms with Crippen LogP contribution in [0.1, 0.15) is 17.9 Å². The minimum absolute atomic E-state index is 0.0856. The summed E-state index contributed by atoms with van der Waals surface area (Å²) in [6.07, 6.45) is -4.82. The number of anilines is 1. The number of nitrogens with two attached hydrogens (primary N) is 1. The van der Waals surface area contributed by atoms with Gasteiger partial charge in [0.2, 0.25) is 15.9 Å². The van der Waals surface area contributed by atoms with Crippen LogP contribution in [0.25, 0.3) is 0 Å². The van der Waals surface area contributed by atoms with E-state index in [4.69, 9.17) is 21.5 Å². The fourth-order valence-corrected chi connectivity index (χ4v) is 4.45. The van der Waals surface area contributed by atoms with Crippen LogP contribution in [0, 0.1) is 0 Å². The smallest absolute Gasteiger partial charge is 0.453 e. The van der Waals surface area contributed by atoms with Crippen LogP contribution in [0.4, 0.5) is 18.9 Å². The first kappa shape index (κ1) is 24.8. The second kappa shape index (κ2) is 9.40. The number of ether oxygens (including phenoxy) is 2. The van der Waals surface area contributed by atoms with Gasteiger partial charge in [0.15, 0.2) is 11.5 Å². The van der Waals surface area contributed by atoms with E-state index in [-0.39, 0.29) is 46.2 Å². The van der Waals surface area contributed by atoms with Crippen molar-refractivity contribution in [2.45, 2.75) is 23.6 Å². The van der Waals surface area contributed by atoms with Gasteiger partial charge in [-0.2, -0.15) is 0 Å². The van der Waals surface area contributed by atoms with Gasteiger partial charge in [-0.25, -0.2) is 13.6 Å². The van der Waals surface area contributed by atoms with Crippen molar-refractivity contribution in [1.82, 2.24) is 0 Å². The largest absolute Gasteiger partial charge is 0.573 e. The number of hydrogen-bond acceptors (Lipinski definition) is 5. The Hall–Kier alpha value is -3.28. The van der Waals surface area contributed by atoms with Gasteiger partial charge in [-0.05, 0) is 48.5 Å². The van der Waals surface area contributed by atoms with E-state index >= 15 is 0 Å². The third-order valence-electron chi connectivity index (χ3n) is 5.31. The average Bonchev–Trinajstić information content (AvgIpc) is 3.15. The van der Waals surface area contributed by atoms with E-state index in [9.17, 15) is 26.4 Å². The van der Waals surface area contributed by atoms with Crippen LogP contribution in [0.5, 0.6) is 17.2 Å². The molecule has 3 aromatic carbocycles. The molecule has 1 unspecified atom stereocenters. The van der Waals surface area contributed by atoms with Gasteiger partial charge < -0.3 is 14.4 Å². The highest BCUT2D eigenvalue weighted by Crippen LogP contribution is 2.42. The molecular formula is C23H18ClF3N2O5S. The van der Waals surface area contributed by atoms with Crippen LogP contribution in [0.3, 0.4) is 0 Å². The molecule has 12 heteroatoms. The normalized spacial score (nSPS) is 16.4. The van der Waals surface area contributed by atoms with Crippen LogP contribution in [0.15, 0.2) is 71.6 Å². The van der Waals surface area contributed by atoms with Gasteiger partial charge in [-0.1, -0.05) is 29.8 Å². The topological polar surface area (TPSA) is 98.9 Å². The number of benzene rings is 3. The molecule has 1 heterocycles. The van der Waals surface area contributed by atoms with Crippen molar-refractivity contribution in [3.05, 3.63) is 77.3 Å². The van der Waals surface area contributed by atoms with Crippen LogP contribution < -0.4 is 19.5 Å². The van der Waals surface area contributed by atoms with E-state index in [1.807, 2.05) is 0 Å². The predicted octanol–water partition coefficient (Wildman–Crippen LogP) is 5.20. The van der Waals surface area contributed by atoms with E-state index in [0.29, 0.717) is 11.3 Å². The van der Waals surface area contributed by atoms with Crippen LogP contribution in [-0.2, 0) is 14.8 Å². The molecule has 7 nitrogen and oxygen atoms in total. The number of amides is 1. The molecule has 0 spiro atoms. The van der Waals surface area contributed by atoms with Crippen molar-refractivity contribution in [3.63, 3.8) is 0 Å². The van der Waals surface area contributed by atoms with Crippen molar-refractivity contribution < 1.29 is 35.9 Å². The summed E-state index contributed by atoms with van der Waals surface area (Å²) < 4.78 is 71.2. The lowest BCUT2D eigenvalue weighted by Gasteiger charge is -2.20. The van der Waals surface area contributed by atoms with Gasteiger partial charge in [-0.15, -0.1) is 13.2 Å².